The van der Waals surface area contributed by atoms with Gasteiger partial charge in [-0.15, -0.1) is 11.3 Å². The molecular weight excluding hydrogens is 369 g/mol. The van der Waals surface area contributed by atoms with Crippen molar-refractivity contribution in [2.24, 2.45) is 0 Å². The Morgan fingerprint density at radius 2 is 2.07 bits per heavy atom. The number of halogens is 1. The van der Waals surface area contributed by atoms with Crippen molar-refractivity contribution >= 4 is 33.5 Å². The number of anilines is 1. The molecule has 2 heterocycles. The predicted molar refractivity (Wildman–Crippen MR) is 101 cm³/mol. The number of rotatable bonds is 4. The number of nitrogens with one attached hydrogen (secondary N) is 1. The molecule has 0 aliphatic heterocycles. The number of benzene rings is 2. The fourth-order valence-electron chi connectivity index (χ4n) is 2.79. The number of carbonyl (C=O) groups is 1. The third kappa shape index (κ3) is 3.26. The van der Waals surface area contributed by atoms with Crippen LogP contribution in [-0.4, -0.2) is 15.5 Å². The maximum atomic E-state index is 13.4. The van der Waals surface area contributed by atoms with Crippen LogP contribution in [-0.2, 0) is 4.79 Å². The smallest absolute Gasteiger partial charge is 0.408 e. The maximum Gasteiger partial charge on any atom is 0.420 e. The summed E-state index contributed by atoms with van der Waals surface area (Å²) in [4.78, 5) is 29.0. The molecule has 4 rings (SSSR count). The second-order valence-corrected chi connectivity index (χ2v) is 6.78. The van der Waals surface area contributed by atoms with Gasteiger partial charge in [0.1, 0.15) is 11.9 Å². The molecule has 27 heavy (non-hydrogen) atoms. The number of hydrogen-bond acceptors (Lipinski definition) is 5. The molecular formula is C19H14FN3O3S. The molecule has 1 amide bonds. The largest absolute Gasteiger partial charge is 0.420 e. The highest BCUT2D eigenvalue weighted by molar-refractivity contribution is 7.14. The first-order valence-electron chi connectivity index (χ1n) is 8.15. The van der Waals surface area contributed by atoms with Crippen molar-refractivity contribution in [1.29, 1.82) is 0 Å². The van der Waals surface area contributed by atoms with Gasteiger partial charge in [-0.3, -0.25) is 9.36 Å². The highest BCUT2D eigenvalue weighted by atomic mass is 32.1. The van der Waals surface area contributed by atoms with Crippen molar-refractivity contribution in [2.45, 2.75) is 13.0 Å². The third-order valence-electron chi connectivity index (χ3n) is 4.14. The molecule has 1 N–H and O–H groups in total. The topological polar surface area (TPSA) is 77.1 Å². The number of amides is 1. The molecule has 0 radical (unpaired) electrons. The Hall–Kier alpha value is -3.26. The molecule has 2 aromatic heterocycles. The summed E-state index contributed by atoms with van der Waals surface area (Å²) in [5.74, 6) is -1.35. The van der Waals surface area contributed by atoms with Crippen LogP contribution in [0, 0.1) is 5.82 Å². The number of oxazole rings is 1. The van der Waals surface area contributed by atoms with Gasteiger partial charge in [-0.25, -0.2) is 14.2 Å². The minimum Gasteiger partial charge on any atom is -0.408 e. The number of thiazole rings is 1. The predicted octanol–water partition coefficient (Wildman–Crippen LogP) is 4.06. The monoisotopic (exact) mass is 383 g/mol. The van der Waals surface area contributed by atoms with Crippen LogP contribution >= 0.6 is 11.3 Å². The van der Waals surface area contributed by atoms with Gasteiger partial charge in [0, 0.05) is 10.9 Å². The van der Waals surface area contributed by atoms with Gasteiger partial charge in [-0.05, 0) is 31.2 Å². The zero-order chi connectivity index (χ0) is 19.0. The number of carbonyl (C=O) groups excluding carboxylic acids is 1. The van der Waals surface area contributed by atoms with Crippen molar-refractivity contribution in [1.82, 2.24) is 9.55 Å². The lowest BCUT2D eigenvalue weighted by Gasteiger charge is -2.11. The highest BCUT2D eigenvalue weighted by Crippen LogP contribution is 2.26. The Bertz CT molecular complexity index is 1190. The Balaban J connectivity index is 1.57. The van der Waals surface area contributed by atoms with E-state index in [1.807, 2.05) is 0 Å². The summed E-state index contributed by atoms with van der Waals surface area (Å²) in [6.07, 6.45) is 0. The van der Waals surface area contributed by atoms with Crippen molar-refractivity contribution in [3.63, 3.8) is 0 Å². The van der Waals surface area contributed by atoms with Crippen LogP contribution in [0.25, 0.3) is 22.4 Å². The molecule has 0 saturated heterocycles. The van der Waals surface area contributed by atoms with Crippen LogP contribution in [0.4, 0.5) is 9.52 Å². The summed E-state index contributed by atoms with van der Waals surface area (Å²) >= 11 is 1.22. The molecule has 2 aromatic carbocycles. The van der Waals surface area contributed by atoms with Crippen LogP contribution in [0.15, 0.2) is 63.1 Å². The summed E-state index contributed by atoms with van der Waals surface area (Å²) in [6, 6.07) is 12.2. The van der Waals surface area contributed by atoms with E-state index in [4.69, 9.17) is 4.42 Å². The molecule has 0 aliphatic rings. The number of nitrogens with zero attached hydrogens (tertiary/aromatic N) is 2. The average Bonchev–Trinajstić information content (AvgIpc) is 3.24. The lowest BCUT2D eigenvalue weighted by molar-refractivity contribution is -0.118. The van der Waals surface area contributed by atoms with Crippen LogP contribution < -0.4 is 11.1 Å². The van der Waals surface area contributed by atoms with Gasteiger partial charge in [0.15, 0.2) is 10.7 Å². The lowest BCUT2D eigenvalue weighted by Crippen LogP contribution is -2.29. The van der Waals surface area contributed by atoms with Crippen LogP contribution in [0.5, 0.6) is 0 Å². The van der Waals surface area contributed by atoms with Gasteiger partial charge in [0.25, 0.3) is 0 Å². The molecule has 0 bridgehead atoms. The molecule has 4 aromatic rings. The molecule has 136 valence electrons. The summed E-state index contributed by atoms with van der Waals surface area (Å²) < 4.78 is 19.8. The molecule has 6 nitrogen and oxygen atoms in total. The minimum absolute atomic E-state index is 0.356. The second kappa shape index (κ2) is 6.81. The van der Waals surface area contributed by atoms with Crippen molar-refractivity contribution in [3.8, 4) is 11.3 Å². The SMILES string of the molecule is CC(C(=O)Nc1nc(-c2cccc(F)c2)cs1)n1c(=O)oc2ccccc21. The first-order valence-corrected chi connectivity index (χ1v) is 9.03. The quantitative estimate of drug-likeness (QED) is 0.577. The number of aromatic nitrogens is 2. The number of para-hydroxylation sites is 2. The van der Waals surface area contributed by atoms with Crippen LogP contribution in [0.3, 0.4) is 0 Å². The summed E-state index contributed by atoms with van der Waals surface area (Å²) in [5.41, 5.74) is 2.15. The Morgan fingerprint density at radius 1 is 1.26 bits per heavy atom. The Morgan fingerprint density at radius 3 is 2.89 bits per heavy atom. The minimum atomic E-state index is -0.789. The van der Waals surface area contributed by atoms with Crippen molar-refractivity contribution < 1.29 is 13.6 Å². The summed E-state index contributed by atoms with van der Waals surface area (Å²) in [6.45, 7) is 1.61. The van der Waals surface area contributed by atoms with Gasteiger partial charge >= 0.3 is 5.76 Å². The van der Waals surface area contributed by atoms with E-state index >= 15 is 0 Å². The van der Waals surface area contributed by atoms with E-state index in [1.54, 1.807) is 48.7 Å². The molecule has 8 heteroatoms. The Labute approximate surface area is 156 Å². The van der Waals surface area contributed by atoms with Crippen molar-refractivity contribution in [3.05, 3.63) is 70.3 Å². The zero-order valence-electron chi connectivity index (χ0n) is 14.2. The molecule has 1 atom stereocenters. The fourth-order valence-corrected chi connectivity index (χ4v) is 3.51. The average molecular weight is 383 g/mol. The van der Waals surface area contributed by atoms with Gasteiger partial charge in [-0.2, -0.15) is 0 Å². The summed E-state index contributed by atoms with van der Waals surface area (Å²) in [7, 11) is 0. The lowest BCUT2D eigenvalue weighted by atomic mass is 10.2. The normalized spacial score (nSPS) is 12.2. The van der Waals surface area contributed by atoms with E-state index in [0.717, 1.165) is 0 Å². The standard InChI is InChI=1S/C19H14FN3O3S/c1-11(23-15-7-2-3-8-16(15)26-19(23)25)17(24)22-18-21-14(10-27-18)12-5-4-6-13(20)9-12/h2-11H,1H3,(H,21,22,24). The van der Waals surface area contributed by atoms with Gasteiger partial charge in [-0.1, -0.05) is 24.3 Å². The summed E-state index contributed by atoms with van der Waals surface area (Å²) in [5, 5.41) is 4.80. The van der Waals surface area contributed by atoms with Gasteiger partial charge in [0.05, 0.1) is 11.2 Å². The van der Waals surface area contributed by atoms with E-state index in [9.17, 15) is 14.0 Å². The van der Waals surface area contributed by atoms with Gasteiger partial charge < -0.3 is 9.73 Å². The van der Waals surface area contributed by atoms with E-state index in [0.29, 0.717) is 27.5 Å². The number of hydrogen-bond donors (Lipinski definition) is 1. The van der Waals surface area contributed by atoms with E-state index in [2.05, 4.69) is 10.3 Å². The molecule has 0 fully saturated rings. The van der Waals surface area contributed by atoms with Crippen LogP contribution in [0.1, 0.15) is 13.0 Å². The first kappa shape index (κ1) is 17.2. The molecule has 0 saturated carbocycles. The number of fused-ring (bicyclic) bond motifs is 1. The first-order chi connectivity index (χ1) is 13.0. The van der Waals surface area contributed by atoms with Crippen molar-refractivity contribution in [2.75, 3.05) is 5.32 Å². The van der Waals surface area contributed by atoms with E-state index in [-0.39, 0.29) is 5.82 Å². The molecule has 1 unspecified atom stereocenters. The maximum absolute atomic E-state index is 13.4. The highest BCUT2D eigenvalue weighted by Gasteiger charge is 2.22. The molecule has 0 aliphatic carbocycles. The fraction of sp³-hybridized carbons (Fsp3) is 0.105. The second-order valence-electron chi connectivity index (χ2n) is 5.92. The van der Waals surface area contributed by atoms with Crippen LogP contribution in [0.2, 0.25) is 0 Å². The van der Waals surface area contributed by atoms with E-state index in [1.165, 1.54) is 28.0 Å². The zero-order valence-corrected chi connectivity index (χ0v) is 15.0. The van der Waals surface area contributed by atoms with Gasteiger partial charge in [0.2, 0.25) is 5.91 Å². The Kier molecular flexibility index (Phi) is 4.33. The van der Waals surface area contributed by atoms with E-state index < -0.39 is 17.7 Å². The third-order valence-corrected chi connectivity index (χ3v) is 4.90. The molecule has 0 spiro atoms.